The Labute approximate surface area is 150 Å². The van der Waals surface area contributed by atoms with Gasteiger partial charge in [-0.2, -0.15) is 0 Å². The van der Waals surface area contributed by atoms with Crippen LogP contribution in [0.15, 0.2) is 4.99 Å². The summed E-state index contributed by atoms with van der Waals surface area (Å²) in [5.74, 6) is 1.17. The van der Waals surface area contributed by atoms with Crippen molar-refractivity contribution in [2.45, 2.75) is 38.5 Å². The first-order valence-electron chi connectivity index (χ1n) is 9.11. The fraction of sp³-hybridized carbons (Fsp3) is 0.875. The van der Waals surface area contributed by atoms with E-state index in [-0.39, 0.29) is 17.6 Å². The Hall–Kier alpha value is -1.35. The lowest BCUT2D eigenvalue weighted by atomic mass is 9.86. The maximum absolute atomic E-state index is 12.0. The first-order valence-corrected chi connectivity index (χ1v) is 10.8. The first kappa shape index (κ1) is 20.0. The van der Waals surface area contributed by atoms with E-state index in [0.717, 1.165) is 38.8 Å². The van der Waals surface area contributed by atoms with Crippen LogP contribution in [0, 0.1) is 11.8 Å². The molecule has 2 fully saturated rings. The monoisotopic (exact) mass is 373 g/mol. The number of aliphatic imine (C=N–C) groups is 1. The van der Waals surface area contributed by atoms with Crippen molar-refractivity contribution in [2.75, 3.05) is 39.0 Å². The van der Waals surface area contributed by atoms with Gasteiger partial charge in [-0.25, -0.2) is 13.1 Å². The summed E-state index contributed by atoms with van der Waals surface area (Å²) in [7, 11) is -1.58. The second-order valence-electron chi connectivity index (χ2n) is 7.06. The van der Waals surface area contributed by atoms with Crippen LogP contribution in [-0.4, -0.2) is 64.2 Å². The van der Waals surface area contributed by atoms with Gasteiger partial charge in [-0.15, -0.1) is 0 Å². The second kappa shape index (κ2) is 9.38. The maximum Gasteiger partial charge on any atom is 0.217 e. The van der Waals surface area contributed by atoms with Crippen LogP contribution in [0.3, 0.4) is 0 Å². The van der Waals surface area contributed by atoms with Gasteiger partial charge >= 0.3 is 0 Å². The van der Waals surface area contributed by atoms with Crippen molar-refractivity contribution in [2.24, 2.45) is 22.6 Å². The summed E-state index contributed by atoms with van der Waals surface area (Å²) >= 11 is 0. The third-order valence-corrected chi connectivity index (χ3v) is 6.34. The average Bonchev–Trinajstić information content (AvgIpc) is 2.49. The first-order chi connectivity index (χ1) is 11.9. The van der Waals surface area contributed by atoms with E-state index < -0.39 is 10.0 Å². The molecule has 0 spiro atoms. The van der Waals surface area contributed by atoms with Crippen LogP contribution < -0.4 is 15.8 Å². The largest absolute Gasteiger partial charge is 0.370 e. The molecule has 1 aliphatic carbocycles. The van der Waals surface area contributed by atoms with E-state index in [1.165, 1.54) is 6.42 Å². The highest BCUT2D eigenvalue weighted by molar-refractivity contribution is 7.89. The smallest absolute Gasteiger partial charge is 0.217 e. The number of sulfonamides is 1. The fourth-order valence-corrected chi connectivity index (χ4v) is 4.36. The zero-order valence-electron chi connectivity index (χ0n) is 15.0. The minimum Gasteiger partial charge on any atom is -0.370 e. The number of amides is 1. The van der Waals surface area contributed by atoms with Crippen LogP contribution in [0.4, 0.5) is 0 Å². The minimum absolute atomic E-state index is 0.0251. The molecule has 0 bridgehead atoms. The number of carbonyl (C=O) groups is 1. The number of nitrogens with two attached hydrogens (primary N) is 1. The summed E-state index contributed by atoms with van der Waals surface area (Å²) in [5.41, 5.74) is 5.29. The molecule has 9 heteroatoms. The number of guanidine groups is 1. The molecule has 1 heterocycles. The average molecular weight is 374 g/mol. The topological polar surface area (TPSA) is 117 Å². The third kappa shape index (κ3) is 6.81. The molecule has 1 atom stereocenters. The highest BCUT2D eigenvalue weighted by Gasteiger charge is 2.24. The number of nitrogens with one attached hydrogen (secondary N) is 2. The van der Waals surface area contributed by atoms with Crippen LogP contribution in [0.25, 0.3) is 0 Å². The standard InChI is InChI=1S/C16H31N5O3S/c1-18-16(21-8-3-6-14(12-21)10-15(17)22)19-7-9-25(23,24)20-11-13-4-2-5-13/h13-14,20H,2-12H2,1H3,(H2,17,22)(H,18,19). The Kier molecular flexibility index (Phi) is 7.49. The third-order valence-electron chi connectivity index (χ3n) is 4.99. The minimum atomic E-state index is -3.26. The number of carbonyl (C=O) groups excluding carboxylic acids is 1. The highest BCUT2D eigenvalue weighted by Crippen LogP contribution is 2.25. The number of piperidine rings is 1. The van der Waals surface area contributed by atoms with Crippen molar-refractivity contribution in [3.05, 3.63) is 0 Å². The van der Waals surface area contributed by atoms with Crippen LogP contribution in [0.1, 0.15) is 38.5 Å². The molecule has 0 radical (unpaired) electrons. The molecule has 4 N–H and O–H groups in total. The van der Waals surface area contributed by atoms with Gasteiger partial charge in [0.05, 0.1) is 5.75 Å². The van der Waals surface area contributed by atoms with Gasteiger partial charge in [0.25, 0.3) is 0 Å². The van der Waals surface area contributed by atoms with Gasteiger partial charge in [0, 0.05) is 39.6 Å². The van der Waals surface area contributed by atoms with Gasteiger partial charge < -0.3 is 16.0 Å². The molecule has 2 aliphatic rings. The summed E-state index contributed by atoms with van der Waals surface area (Å²) in [5, 5.41) is 3.13. The SMILES string of the molecule is CN=C(NCCS(=O)(=O)NCC1CCC1)N1CCCC(CC(N)=O)C1. The van der Waals surface area contributed by atoms with Gasteiger partial charge in [0.1, 0.15) is 0 Å². The normalized spacial score (nSPS) is 22.5. The number of primary amides is 1. The van der Waals surface area contributed by atoms with Crippen molar-refractivity contribution in [1.82, 2.24) is 14.9 Å². The van der Waals surface area contributed by atoms with E-state index in [0.29, 0.717) is 31.4 Å². The zero-order chi connectivity index (χ0) is 18.3. The summed E-state index contributed by atoms with van der Waals surface area (Å²) in [6, 6.07) is 0. The highest BCUT2D eigenvalue weighted by atomic mass is 32.2. The van der Waals surface area contributed by atoms with E-state index in [2.05, 4.69) is 19.9 Å². The molecule has 2 rings (SSSR count). The quantitative estimate of drug-likeness (QED) is 0.405. The van der Waals surface area contributed by atoms with E-state index in [4.69, 9.17) is 5.73 Å². The summed E-state index contributed by atoms with van der Waals surface area (Å²) < 4.78 is 26.8. The van der Waals surface area contributed by atoms with Gasteiger partial charge in [-0.1, -0.05) is 6.42 Å². The summed E-state index contributed by atoms with van der Waals surface area (Å²) in [6.45, 7) is 2.43. The van der Waals surface area contributed by atoms with Gasteiger partial charge in [0.2, 0.25) is 15.9 Å². The van der Waals surface area contributed by atoms with Crippen LogP contribution >= 0.6 is 0 Å². The lowest BCUT2D eigenvalue weighted by molar-refractivity contribution is -0.119. The number of likely N-dealkylation sites (tertiary alicyclic amines) is 1. The van der Waals surface area contributed by atoms with Crippen molar-refractivity contribution in [3.8, 4) is 0 Å². The Balaban J connectivity index is 1.74. The molecule has 1 amide bonds. The van der Waals surface area contributed by atoms with Crippen LogP contribution in [0.5, 0.6) is 0 Å². The van der Waals surface area contributed by atoms with E-state index in [9.17, 15) is 13.2 Å². The van der Waals surface area contributed by atoms with Crippen LogP contribution in [0.2, 0.25) is 0 Å². The Morgan fingerprint density at radius 1 is 1.24 bits per heavy atom. The van der Waals surface area contributed by atoms with Crippen molar-refractivity contribution < 1.29 is 13.2 Å². The second-order valence-corrected chi connectivity index (χ2v) is 8.99. The molecular weight excluding hydrogens is 342 g/mol. The number of rotatable bonds is 8. The number of hydrogen-bond donors (Lipinski definition) is 3. The Bertz CT molecular complexity index is 574. The van der Waals surface area contributed by atoms with E-state index >= 15 is 0 Å². The fourth-order valence-electron chi connectivity index (χ4n) is 3.35. The molecule has 1 saturated heterocycles. The van der Waals surface area contributed by atoms with Gasteiger partial charge in [-0.3, -0.25) is 9.79 Å². The molecule has 1 aliphatic heterocycles. The molecule has 1 unspecified atom stereocenters. The predicted octanol–water partition coefficient (Wildman–Crippen LogP) is -0.131. The molecule has 0 aromatic rings. The van der Waals surface area contributed by atoms with Crippen LogP contribution in [-0.2, 0) is 14.8 Å². The van der Waals surface area contributed by atoms with E-state index in [1.807, 2.05) is 0 Å². The van der Waals surface area contributed by atoms with Crippen molar-refractivity contribution in [1.29, 1.82) is 0 Å². The summed E-state index contributed by atoms with van der Waals surface area (Å²) in [6.07, 6.45) is 5.78. The molecule has 144 valence electrons. The Morgan fingerprint density at radius 3 is 2.56 bits per heavy atom. The molecule has 0 aromatic carbocycles. The maximum atomic E-state index is 12.0. The van der Waals surface area contributed by atoms with Gasteiger partial charge in [-0.05, 0) is 37.5 Å². The molecule has 0 aromatic heterocycles. The lowest BCUT2D eigenvalue weighted by Crippen LogP contribution is -2.48. The zero-order valence-corrected chi connectivity index (χ0v) is 15.9. The van der Waals surface area contributed by atoms with Crippen molar-refractivity contribution in [3.63, 3.8) is 0 Å². The molecule has 8 nitrogen and oxygen atoms in total. The van der Waals surface area contributed by atoms with Gasteiger partial charge in [0.15, 0.2) is 5.96 Å². The number of hydrogen-bond acceptors (Lipinski definition) is 4. The number of nitrogens with zero attached hydrogens (tertiary/aromatic N) is 2. The molecular formula is C16H31N5O3S. The lowest BCUT2D eigenvalue weighted by Gasteiger charge is -2.34. The van der Waals surface area contributed by atoms with Crippen molar-refractivity contribution >= 4 is 21.9 Å². The Morgan fingerprint density at radius 2 is 1.96 bits per heavy atom. The van der Waals surface area contributed by atoms with E-state index in [1.54, 1.807) is 7.05 Å². The predicted molar refractivity (Wildman–Crippen MR) is 98.6 cm³/mol. The summed E-state index contributed by atoms with van der Waals surface area (Å²) in [4.78, 5) is 17.4. The molecule has 1 saturated carbocycles. The molecule has 25 heavy (non-hydrogen) atoms.